The molecule has 1 atom stereocenters. The predicted molar refractivity (Wildman–Crippen MR) is 59.3 cm³/mol. The Morgan fingerprint density at radius 3 is 2.88 bits per heavy atom. The van der Waals surface area contributed by atoms with Crippen molar-refractivity contribution >= 4 is 0 Å². The van der Waals surface area contributed by atoms with E-state index in [9.17, 15) is 4.39 Å². The van der Waals surface area contributed by atoms with Crippen LogP contribution in [0.3, 0.4) is 0 Å². The summed E-state index contributed by atoms with van der Waals surface area (Å²) < 4.78 is 18.8. The zero-order valence-corrected chi connectivity index (χ0v) is 9.24. The van der Waals surface area contributed by atoms with Crippen LogP contribution in [0.2, 0.25) is 0 Å². The van der Waals surface area contributed by atoms with E-state index in [1.807, 2.05) is 6.07 Å². The highest BCUT2D eigenvalue weighted by molar-refractivity contribution is 5.30. The molecule has 1 aromatic carbocycles. The zero-order valence-electron chi connectivity index (χ0n) is 9.24. The third-order valence-corrected chi connectivity index (χ3v) is 2.16. The van der Waals surface area contributed by atoms with E-state index in [0.29, 0.717) is 30.8 Å². The van der Waals surface area contributed by atoms with E-state index >= 15 is 0 Å². The lowest BCUT2D eigenvalue weighted by Crippen LogP contribution is -2.07. The number of hydrogen-bond acceptors (Lipinski definition) is 3. The Balaban J connectivity index is 2.57. The molecule has 0 saturated heterocycles. The fraction of sp³-hybridized carbons (Fsp3) is 0.417. The molecule has 1 rings (SSSR count). The molecule has 2 N–H and O–H groups in total. The fourth-order valence-electron chi connectivity index (χ4n) is 1.31. The van der Waals surface area contributed by atoms with Gasteiger partial charge in [0.25, 0.3) is 0 Å². The van der Waals surface area contributed by atoms with Crippen molar-refractivity contribution in [2.45, 2.75) is 25.8 Å². The van der Waals surface area contributed by atoms with Gasteiger partial charge in [-0.25, -0.2) is 4.39 Å². The molecule has 0 radical (unpaired) electrons. The van der Waals surface area contributed by atoms with Gasteiger partial charge in [-0.05, 0) is 19.4 Å². The highest BCUT2D eigenvalue weighted by atomic mass is 19.1. The van der Waals surface area contributed by atoms with Gasteiger partial charge in [0.1, 0.15) is 11.6 Å². The van der Waals surface area contributed by atoms with Gasteiger partial charge in [-0.1, -0.05) is 6.07 Å². The topological polar surface area (TPSA) is 59.0 Å². The Hall–Kier alpha value is -1.60. The lowest BCUT2D eigenvalue weighted by molar-refractivity contribution is 0.311. The first-order valence-corrected chi connectivity index (χ1v) is 5.20. The highest BCUT2D eigenvalue weighted by Gasteiger charge is 2.07. The van der Waals surface area contributed by atoms with Crippen LogP contribution in [0, 0.1) is 17.1 Å². The molecule has 4 heteroatoms. The summed E-state index contributed by atoms with van der Waals surface area (Å²) in [6.45, 7) is 2.15. The maximum absolute atomic E-state index is 13.5. The lowest BCUT2D eigenvalue weighted by atomic mass is 10.1. The Labute approximate surface area is 94.6 Å². The molecular formula is C12H15FN2O. The van der Waals surface area contributed by atoms with E-state index in [-0.39, 0.29) is 11.9 Å². The Morgan fingerprint density at radius 2 is 2.31 bits per heavy atom. The van der Waals surface area contributed by atoms with Crippen molar-refractivity contribution in [3.05, 3.63) is 29.6 Å². The molecule has 0 fully saturated rings. The second-order valence-electron chi connectivity index (χ2n) is 3.58. The normalized spacial score (nSPS) is 11.9. The zero-order chi connectivity index (χ0) is 12.0. The molecule has 0 aliphatic carbocycles. The molecule has 1 aromatic rings. The maximum Gasteiger partial charge on any atom is 0.131 e. The molecule has 0 aromatic heterocycles. The van der Waals surface area contributed by atoms with Crippen molar-refractivity contribution in [3.63, 3.8) is 0 Å². The van der Waals surface area contributed by atoms with Gasteiger partial charge in [0.15, 0.2) is 0 Å². The van der Waals surface area contributed by atoms with Gasteiger partial charge in [0, 0.05) is 24.1 Å². The van der Waals surface area contributed by atoms with E-state index < -0.39 is 0 Å². The molecular weight excluding hydrogens is 207 g/mol. The second kappa shape index (κ2) is 6.09. The van der Waals surface area contributed by atoms with Gasteiger partial charge in [0.2, 0.25) is 0 Å². The summed E-state index contributed by atoms with van der Waals surface area (Å²) in [5.74, 6) is 0.118. The summed E-state index contributed by atoms with van der Waals surface area (Å²) in [5, 5.41) is 8.33. The number of nitriles is 1. The second-order valence-corrected chi connectivity index (χ2v) is 3.58. The standard InChI is InChI=1S/C12H15FN2O/c1-9(15)11-5-4-10(8-12(11)13)16-7-3-2-6-14/h4-5,8-9H,2-3,7,15H2,1H3/t9-/m1/s1. The van der Waals surface area contributed by atoms with Gasteiger partial charge in [-0.3, -0.25) is 0 Å². The first kappa shape index (κ1) is 12.5. The fourth-order valence-corrected chi connectivity index (χ4v) is 1.31. The number of nitrogens with two attached hydrogens (primary N) is 1. The van der Waals surface area contributed by atoms with Crippen LogP contribution in [0.5, 0.6) is 5.75 Å². The molecule has 16 heavy (non-hydrogen) atoms. The monoisotopic (exact) mass is 222 g/mol. The maximum atomic E-state index is 13.5. The molecule has 0 unspecified atom stereocenters. The van der Waals surface area contributed by atoms with E-state index in [2.05, 4.69) is 0 Å². The smallest absolute Gasteiger partial charge is 0.131 e. The van der Waals surface area contributed by atoms with Crippen LogP contribution in [0.1, 0.15) is 31.4 Å². The number of hydrogen-bond donors (Lipinski definition) is 1. The molecule has 0 spiro atoms. The Kier molecular flexibility index (Phi) is 4.74. The van der Waals surface area contributed by atoms with E-state index in [0.717, 1.165) is 0 Å². The van der Waals surface area contributed by atoms with Crippen molar-refractivity contribution in [2.24, 2.45) is 5.73 Å². The molecule has 0 heterocycles. The van der Waals surface area contributed by atoms with E-state index in [4.69, 9.17) is 15.7 Å². The van der Waals surface area contributed by atoms with Gasteiger partial charge >= 0.3 is 0 Å². The van der Waals surface area contributed by atoms with Crippen LogP contribution in [0.4, 0.5) is 4.39 Å². The number of halogens is 1. The highest BCUT2D eigenvalue weighted by Crippen LogP contribution is 2.20. The molecule has 0 aliphatic heterocycles. The van der Waals surface area contributed by atoms with E-state index in [1.165, 1.54) is 6.07 Å². The molecule has 0 aliphatic rings. The number of ether oxygens (including phenoxy) is 1. The number of nitrogens with zero attached hydrogens (tertiary/aromatic N) is 1. The minimum atomic E-state index is -0.354. The summed E-state index contributed by atoms with van der Waals surface area (Å²) in [5.41, 5.74) is 6.06. The summed E-state index contributed by atoms with van der Waals surface area (Å²) in [6, 6.07) is 6.33. The Morgan fingerprint density at radius 1 is 1.56 bits per heavy atom. The molecule has 0 amide bonds. The number of unbranched alkanes of at least 4 members (excludes halogenated alkanes) is 1. The summed E-state index contributed by atoms with van der Waals surface area (Å²) in [7, 11) is 0. The minimum Gasteiger partial charge on any atom is -0.493 e. The first-order valence-electron chi connectivity index (χ1n) is 5.20. The SMILES string of the molecule is C[C@@H](N)c1ccc(OCCCC#N)cc1F. The van der Waals surface area contributed by atoms with Crippen LogP contribution >= 0.6 is 0 Å². The van der Waals surface area contributed by atoms with Crippen molar-refractivity contribution < 1.29 is 9.13 Å². The molecule has 3 nitrogen and oxygen atoms in total. The van der Waals surface area contributed by atoms with Crippen molar-refractivity contribution in [2.75, 3.05) is 6.61 Å². The number of rotatable bonds is 5. The third-order valence-electron chi connectivity index (χ3n) is 2.16. The van der Waals surface area contributed by atoms with Crippen molar-refractivity contribution in [1.82, 2.24) is 0 Å². The van der Waals surface area contributed by atoms with Gasteiger partial charge in [-0.15, -0.1) is 0 Å². The molecule has 86 valence electrons. The summed E-state index contributed by atoms with van der Waals surface area (Å²) >= 11 is 0. The van der Waals surface area contributed by atoms with E-state index in [1.54, 1.807) is 19.1 Å². The largest absolute Gasteiger partial charge is 0.493 e. The van der Waals surface area contributed by atoms with Crippen molar-refractivity contribution in [3.8, 4) is 11.8 Å². The van der Waals surface area contributed by atoms with Crippen LogP contribution in [0.25, 0.3) is 0 Å². The van der Waals surface area contributed by atoms with Crippen LogP contribution in [0.15, 0.2) is 18.2 Å². The Bertz CT molecular complexity index is 385. The molecule has 0 saturated carbocycles. The van der Waals surface area contributed by atoms with Crippen LogP contribution < -0.4 is 10.5 Å². The third kappa shape index (κ3) is 3.52. The average Bonchev–Trinajstić information content (AvgIpc) is 2.24. The quantitative estimate of drug-likeness (QED) is 0.779. The average molecular weight is 222 g/mol. The van der Waals surface area contributed by atoms with Crippen molar-refractivity contribution in [1.29, 1.82) is 5.26 Å². The van der Waals surface area contributed by atoms with Gasteiger partial charge < -0.3 is 10.5 Å². The predicted octanol–water partition coefficient (Wildman–Crippen LogP) is 2.53. The van der Waals surface area contributed by atoms with Crippen LogP contribution in [-0.4, -0.2) is 6.61 Å². The van der Waals surface area contributed by atoms with Gasteiger partial charge in [-0.2, -0.15) is 5.26 Å². The van der Waals surface area contributed by atoms with Crippen LogP contribution in [-0.2, 0) is 0 Å². The lowest BCUT2D eigenvalue weighted by Gasteiger charge is -2.09. The minimum absolute atomic E-state index is 0.326. The molecule has 0 bridgehead atoms. The summed E-state index contributed by atoms with van der Waals surface area (Å²) in [6.07, 6.45) is 1.09. The number of benzene rings is 1. The first-order chi connectivity index (χ1) is 7.65. The van der Waals surface area contributed by atoms with Gasteiger partial charge in [0.05, 0.1) is 12.7 Å². The summed E-state index contributed by atoms with van der Waals surface area (Å²) in [4.78, 5) is 0.